The molecule has 0 aliphatic carbocycles. The van der Waals surface area contributed by atoms with Crippen molar-refractivity contribution in [2.75, 3.05) is 0 Å². The summed E-state index contributed by atoms with van der Waals surface area (Å²) in [5.74, 6) is 0. The van der Waals surface area contributed by atoms with E-state index < -0.39 is 12.6 Å². The fourth-order valence-corrected chi connectivity index (χ4v) is 8.63. The van der Waals surface area contributed by atoms with Gasteiger partial charge in [0.25, 0.3) is 0 Å². The predicted molar refractivity (Wildman–Crippen MR) is 103 cm³/mol. The van der Waals surface area contributed by atoms with Crippen LogP contribution in [0.4, 0.5) is 4.79 Å². The van der Waals surface area contributed by atoms with Gasteiger partial charge >= 0.3 is 142 Å². The van der Waals surface area contributed by atoms with E-state index in [1.807, 2.05) is 54.6 Å². The zero-order valence-electron chi connectivity index (χ0n) is 12.9. The average Bonchev–Trinajstić information content (AvgIpc) is 2.65. The molecule has 0 fully saturated rings. The van der Waals surface area contributed by atoms with Crippen LogP contribution in [0.1, 0.15) is 0 Å². The number of nitrogens with zero attached hydrogens (tertiary/aromatic N) is 1. The van der Waals surface area contributed by atoms with Crippen LogP contribution in [0.15, 0.2) is 95.7 Å². The van der Waals surface area contributed by atoms with Gasteiger partial charge in [-0.2, -0.15) is 0 Å². The van der Waals surface area contributed by atoms with Crippen LogP contribution in [0.25, 0.3) is 0 Å². The molecule has 0 aromatic heterocycles. The normalized spacial score (nSPS) is 10.8. The van der Waals surface area contributed by atoms with Crippen molar-refractivity contribution in [2.45, 2.75) is 0 Å². The summed E-state index contributed by atoms with van der Waals surface area (Å²) in [6.07, 6.45) is -1.14. The molecular weight excluding hydrogens is 336 g/mol. The fourth-order valence-electron chi connectivity index (χ4n) is 2.64. The Morgan fingerprint density at radius 1 is 0.708 bits per heavy atom. The molecule has 0 unspecified atom stereocenters. The molecule has 0 bridgehead atoms. The molecule has 0 aliphatic heterocycles. The van der Waals surface area contributed by atoms with Gasteiger partial charge in [-0.1, -0.05) is 0 Å². The third-order valence-corrected chi connectivity index (χ3v) is 10.5. The van der Waals surface area contributed by atoms with Crippen LogP contribution in [0.2, 0.25) is 0 Å². The van der Waals surface area contributed by atoms with Crippen molar-refractivity contribution < 1.29 is 9.90 Å². The molecule has 118 valence electrons. The summed E-state index contributed by atoms with van der Waals surface area (Å²) >= 11 is 0. The molecule has 0 atom stereocenters. The Morgan fingerprint density at radius 3 is 1.33 bits per heavy atom. The predicted octanol–water partition coefficient (Wildman–Crippen LogP) is 4.70. The maximum atomic E-state index is 11.2. The molecule has 0 heterocycles. The van der Waals surface area contributed by atoms with Crippen LogP contribution >= 0.6 is 14.2 Å². The summed E-state index contributed by atoms with van der Waals surface area (Å²) in [5.41, 5.74) is 0. The van der Waals surface area contributed by atoms with Crippen molar-refractivity contribution in [1.29, 1.82) is 0 Å². The summed E-state index contributed by atoms with van der Waals surface area (Å²) in [4.78, 5) is 11.2. The first-order chi connectivity index (χ1) is 11.7. The molecule has 1 amide bonds. The van der Waals surface area contributed by atoms with Crippen molar-refractivity contribution in [3.63, 3.8) is 0 Å². The van der Waals surface area contributed by atoms with Crippen LogP contribution < -0.4 is 15.9 Å². The Kier molecular flexibility index (Phi) is 5.25. The maximum absolute atomic E-state index is 11.2. The van der Waals surface area contributed by atoms with E-state index in [9.17, 15) is 4.79 Å². The van der Waals surface area contributed by atoms with Gasteiger partial charge in [0.15, 0.2) is 0 Å². The molecule has 3 aromatic rings. The molecular formula is C19H16NO2P2+. The number of hydrogen-bond acceptors (Lipinski definition) is 1. The summed E-state index contributed by atoms with van der Waals surface area (Å²) in [6, 6.07) is 30.3. The Labute approximate surface area is 142 Å². The van der Waals surface area contributed by atoms with Crippen LogP contribution in [0, 0.1) is 0 Å². The molecule has 0 aliphatic rings. The van der Waals surface area contributed by atoms with E-state index in [0.717, 1.165) is 15.9 Å². The third-order valence-electron chi connectivity index (χ3n) is 3.65. The van der Waals surface area contributed by atoms with Gasteiger partial charge in [0.1, 0.15) is 0 Å². The molecule has 0 spiro atoms. The monoisotopic (exact) mass is 352 g/mol. The van der Waals surface area contributed by atoms with E-state index in [-0.39, 0.29) is 0 Å². The second-order valence-corrected chi connectivity index (χ2v) is 10.6. The second-order valence-electron chi connectivity index (χ2n) is 5.11. The quantitative estimate of drug-likeness (QED) is 0.695. The van der Waals surface area contributed by atoms with Gasteiger partial charge in [-0.15, -0.1) is 0 Å². The van der Waals surface area contributed by atoms with Crippen molar-refractivity contribution in [1.82, 2.24) is 0 Å². The number of carbonyl (C=O) groups is 1. The van der Waals surface area contributed by atoms with Gasteiger partial charge in [0, 0.05) is 0 Å². The van der Waals surface area contributed by atoms with Gasteiger partial charge in [-0.05, 0) is 0 Å². The summed E-state index contributed by atoms with van der Waals surface area (Å²) in [6.45, 7) is -2.18. The molecule has 24 heavy (non-hydrogen) atoms. The molecule has 3 aromatic carbocycles. The van der Waals surface area contributed by atoms with Crippen LogP contribution in [0.5, 0.6) is 0 Å². The van der Waals surface area contributed by atoms with E-state index in [2.05, 4.69) is 41.1 Å². The molecule has 0 radical (unpaired) electrons. The Balaban J connectivity index is 2.48. The zero-order valence-corrected chi connectivity index (χ0v) is 14.6. The molecule has 0 saturated heterocycles. The number of rotatable bonds is 3. The minimum absolute atomic E-state index is 0.558. The van der Waals surface area contributed by atoms with E-state index in [4.69, 9.17) is 5.11 Å². The van der Waals surface area contributed by atoms with Gasteiger partial charge < -0.3 is 0 Å². The van der Waals surface area contributed by atoms with Crippen molar-refractivity contribution in [2.24, 2.45) is 4.74 Å². The fraction of sp³-hybridized carbons (Fsp3) is 0. The van der Waals surface area contributed by atoms with Crippen molar-refractivity contribution in [3.05, 3.63) is 91.0 Å². The topological polar surface area (TPSA) is 49.7 Å². The van der Waals surface area contributed by atoms with Crippen LogP contribution in [0.3, 0.4) is 0 Å². The van der Waals surface area contributed by atoms with E-state index in [1.54, 1.807) is 0 Å². The SMILES string of the molecule is O=C(O)N=[P+]=P(c1ccccc1)(c1ccccc1)c1ccccc1. The molecule has 3 rings (SSSR count). The van der Waals surface area contributed by atoms with Crippen LogP contribution in [-0.4, -0.2) is 11.2 Å². The van der Waals surface area contributed by atoms with Gasteiger partial charge in [0.2, 0.25) is 0 Å². The standard InChI is InChI=1S/C19H15NO2P2/c21-19(22)20-23-24(16-10-4-1-5-11-16,17-12-6-2-7-13-17)18-14-8-3-9-15-18/h1-15H/p+1. The first-order valence-corrected chi connectivity index (χ1v) is 10.8. The van der Waals surface area contributed by atoms with E-state index >= 15 is 0 Å². The molecule has 3 nitrogen and oxygen atoms in total. The number of benzene rings is 3. The molecule has 5 heteroatoms. The first kappa shape index (κ1) is 16.6. The van der Waals surface area contributed by atoms with Gasteiger partial charge in [-0.25, -0.2) is 0 Å². The Hall–Kier alpha value is -2.21. The van der Waals surface area contributed by atoms with Crippen molar-refractivity contribution in [3.8, 4) is 0 Å². The van der Waals surface area contributed by atoms with Crippen LogP contribution in [-0.2, 0) is 0 Å². The van der Waals surface area contributed by atoms with Crippen molar-refractivity contribution >= 4 is 36.2 Å². The summed E-state index contributed by atoms with van der Waals surface area (Å²) in [5, 5.41) is 12.5. The Morgan fingerprint density at radius 2 is 1.04 bits per heavy atom. The first-order valence-electron chi connectivity index (χ1n) is 7.45. The number of carboxylic acid groups (broad SMARTS) is 1. The zero-order chi connectivity index (χ0) is 16.8. The average molecular weight is 352 g/mol. The van der Waals surface area contributed by atoms with Gasteiger partial charge in [-0.3, -0.25) is 0 Å². The minimum atomic E-state index is -2.18. The Bertz CT molecular complexity index is 816. The summed E-state index contributed by atoms with van der Waals surface area (Å²) < 4.78 is 3.86. The number of amides is 1. The second kappa shape index (κ2) is 7.57. The van der Waals surface area contributed by atoms with Gasteiger partial charge in [0.05, 0.1) is 0 Å². The van der Waals surface area contributed by atoms with E-state index in [0.29, 0.717) is 7.66 Å². The summed E-state index contributed by atoms with van der Waals surface area (Å²) in [7, 11) is 0.558. The third kappa shape index (κ3) is 3.33. The number of hydrogen-bond donors (Lipinski definition) is 1. The molecule has 1 N–H and O–H groups in total. The van der Waals surface area contributed by atoms with E-state index in [1.165, 1.54) is 0 Å². The molecule has 0 saturated carbocycles.